The van der Waals surface area contributed by atoms with Crippen molar-refractivity contribution in [2.24, 2.45) is 4.99 Å². The zero-order valence-electron chi connectivity index (χ0n) is 10.9. The first-order chi connectivity index (χ1) is 9.25. The van der Waals surface area contributed by atoms with Crippen LogP contribution in [-0.2, 0) is 10.3 Å². The molecular weight excluding hydrogens is 243 g/mol. The van der Waals surface area contributed by atoms with Crippen molar-refractivity contribution in [1.29, 1.82) is 0 Å². The Labute approximate surface area is 112 Å². The highest BCUT2D eigenvalue weighted by atomic mass is 19.1. The molecule has 3 nitrogen and oxygen atoms in total. The summed E-state index contributed by atoms with van der Waals surface area (Å²) < 4.78 is 14.3. The van der Waals surface area contributed by atoms with Gasteiger partial charge in [-0.2, -0.15) is 4.99 Å². The first kappa shape index (κ1) is 12.4. The molecule has 2 aliphatic rings. The van der Waals surface area contributed by atoms with Crippen LogP contribution in [0.5, 0.6) is 0 Å². The normalized spacial score (nSPS) is 20.8. The highest BCUT2D eigenvalue weighted by molar-refractivity contribution is 5.51. The summed E-state index contributed by atoms with van der Waals surface area (Å²) in [5.41, 5.74) is 0.972. The Morgan fingerprint density at radius 3 is 2.47 bits per heavy atom. The van der Waals surface area contributed by atoms with Gasteiger partial charge in [0, 0.05) is 13.1 Å². The zero-order chi connectivity index (χ0) is 13.3. The summed E-state index contributed by atoms with van der Waals surface area (Å²) in [6.07, 6.45) is 6.54. The molecule has 4 heteroatoms. The van der Waals surface area contributed by atoms with Crippen molar-refractivity contribution in [3.63, 3.8) is 0 Å². The van der Waals surface area contributed by atoms with Crippen LogP contribution < -0.4 is 4.90 Å². The van der Waals surface area contributed by atoms with Crippen LogP contribution in [-0.4, -0.2) is 19.2 Å². The van der Waals surface area contributed by atoms with E-state index in [-0.39, 0.29) is 5.82 Å². The van der Waals surface area contributed by atoms with E-state index >= 15 is 0 Å². The summed E-state index contributed by atoms with van der Waals surface area (Å²) in [5, 5.41) is 0. The Morgan fingerprint density at radius 1 is 1.21 bits per heavy atom. The van der Waals surface area contributed by atoms with E-state index in [0.717, 1.165) is 50.8 Å². The Hall–Kier alpha value is -1.67. The minimum absolute atomic E-state index is 0.202. The van der Waals surface area contributed by atoms with Gasteiger partial charge in [-0.3, -0.25) is 0 Å². The highest BCUT2D eigenvalue weighted by Gasteiger charge is 2.39. The maximum atomic E-state index is 14.3. The predicted molar refractivity (Wildman–Crippen MR) is 71.5 cm³/mol. The van der Waals surface area contributed by atoms with Gasteiger partial charge >= 0.3 is 0 Å². The van der Waals surface area contributed by atoms with E-state index in [9.17, 15) is 9.18 Å². The van der Waals surface area contributed by atoms with E-state index in [1.54, 1.807) is 12.1 Å². The number of aliphatic imine (C=N–C) groups is 1. The number of isocyanates is 1. The number of hydrogen-bond acceptors (Lipinski definition) is 3. The molecule has 100 valence electrons. The van der Waals surface area contributed by atoms with Crippen molar-refractivity contribution in [2.75, 3.05) is 18.0 Å². The molecule has 0 N–H and O–H groups in total. The summed E-state index contributed by atoms with van der Waals surface area (Å²) >= 11 is 0. The quantitative estimate of drug-likeness (QED) is 0.618. The van der Waals surface area contributed by atoms with Gasteiger partial charge in [-0.1, -0.05) is 6.07 Å². The fourth-order valence-corrected chi connectivity index (χ4v) is 3.07. The monoisotopic (exact) mass is 260 g/mol. The van der Waals surface area contributed by atoms with Gasteiger partial charge in [-0.05, 0) is 49.8 Å². The molecule has 1 saturated carbocycles. The van der Waals surface area contributed by atoms with Gasteiger partial charge in [0.1, 0.15) is 5.82 Å². The molecule has 1 aromatic carbocycles. The first-order valence-corrected chi connectivity index (χ1v) is 6.89. The van der Waals surface area contributed by atoms with E-state index in [0.29, 0.717) is 5.69 Å². The molecular formula is C15H17FN2O. The smallest absolute Gasteiger partial charge is 0.235 e. The zero-order valence-corrected chi connectivity index (χ0v) is 10.9. The lowest BCUT2D eigenvalue weighted by atomic mass is 9.72. The molecule has 0 spiro atoms. The van der Waals surface area contributed by atoms with E-state index < -0.39 is 5.54 Å². The van der Waals surface area contributed by atoms with E-state index in [1.165, 1.54) is 0 Å². The summed E-state index contributed by atoms with van der Waals surface area (Å²) in [6, 6.07) is 5.29. The van der Waals surface area contributed by atoms with Gasteiger partial charge in [-0.15, -0.1) is 0 Å². The fourth-order valence-electron chi connectivity index (χ4n) is 3.07. The van der Waals surface area contributed by atoms with Crippen molar-refractivity contribution < 1.29 is 9.18 Å². The minimum atomic E-state index is -0.508. The largest absolute Gasteiger partial charge is 0.369 e. The van der Waals surface area contributed by atoms with Gasteiger partial charge in [0.05, 0.1) is 11.2 Å². The summed E-state index contributed by atoms with van der Waals surface area (Å²) in [6.45, 7) is 1.85. The Morgan fingerprint density at radius 2 is 1.95 bits per heavy atom. The molecule has 1 aromatic rings. The first-order valence-electron chi connectivity index (χ1n) is 6.89. The van der Waals surface area contributed by atoms with Gasteiger partial charge in [0.25, 0.3) is 0 Å². The molecule has 0 unspecified atom stereocenters. The molecule has 0 bridgehead atoms. The van der Waals surface area contributed by atoms with E-state index in [2.05, 4.69) is 9.89 Å². The summed E-state index contributed by atoms with van der Waals surface area (Å²) in [5.74, 6) is -0.202. The SMILES string of the molecule is O=C=NC1(c2ccc(N3CCCC3)c(F)c2)CCC1. The predicted octanol–water partition coefficient (Wildman–Crippen LogP) is 3.14. The van der Waals surface area contributed by atoms with Crippen molar-refractivity contribution >= 4 is 11.8 Å². The number of nitrogens with zero attached hydrogens (tertiary/aromatic N) is 2. The second kappa shape index (κ2) is 4.78. The molecule has 0 atom stereocenters. The Bertz CT molecular complexity index is 527. The lowest BCUT2D eigenvalue weighted by Crippen LogP contribution is -2.32. The lowest BCUT2D eigenvalue weighted by molar-refractivity contribution is 0.255. The van der Waals surface area contributed by atoms with Gasteiger partial charge in [0.2, 0.25) is 6.08 Å². The van der Waals surface area contributed by atoms with Crippen LogP contribution in [0.25, 0.3) is 0 Å². The van der Waals surface area contributed by atoms with Crippen LogP contribution >= 0.6 is 0 Å². The van der Waals surface area contributed by atoms with Gasteiger partial charge in [-0.25, -0.2) is 9.18 Å². The van der Waals surface area contributed by atoms with Gasteiger partial charge in [0.15, 0.2) is 0 Å². The maximum Gasteiger partial charge on any atom is 0.235 e. The standard InChI is InChI=1S/C15H17FN2O/c16-13-10-12(15(17-11-19)6-3-7-15)4-5-14(13)18-8-1-2-9-18/h4-5,10H,1-3,6-9H2. The maximum absolute atomic E-state index is 14.3. The van der Waals surface area contributed by atoms with Crippen LogP contribution in [0.15, 0.2) is 23.2 Å². The van der Waals surface area contributed by atoms with Crippen LogP contribution in [0, 0.1) is 5.82 Å². The van der Waals surface area contributed by atoms with E-state index in [4.69, 9.17) is 0 Å². The number of carbonyl (C=O) groups excluding carboxylic acids is 1. The van der Waals surface area contributed by atoms with Crippen molar-refractivity contribution in [2.45, 2.75) is 37.6 Å². The van der Waals surface area contributed by atoms with E-state index in [1.807, 2.05) is 12.1 Å². The fraction of sp³-hybridized carbons (Fsp3) is 0.533. The molecule has 0 aromatic heterocycles. The highest BCUT2D eigenvalue weighted by Crippen LogP contribution is 2.45. The number of hydrogen-bond donors (Lipinski definition) is 0. The number of halogens is 1. The number of anilines is 1. The summed E-state index contributed by atoms with van der Waals surface area (Å²) in [4.78, 5) is 16.5. The molecule has 0 radical (unpaired) electrons. The van der Waals surface area contributed by atoms with Gasteiger partial charge < -0.3 is 4.90 Å². The molecule has 1 aliphatic carbocycles. The van der Waals surface area contributed by atoms with Crippen LogP contribution in [0.3, 0.4) is 0 Å². The molecule has 1 saturated heterocycles. The molecule has 3 rings (SSSR count). The van der Waals surface area contributed by atoms with Crippen LogP contribution in [0.4, 0.5) is 10.1 Å². The Balaban J connectivity index is 1.92. The minimum Gasteiger partial charge on any atom is -0.369 e. The molecule has 0 amide bonds. The van der Waals surface area contributed by atoms with Crippen molar-refractivity contribution in [1.82, 2.24) is 0 Å². The van der Waals surface area contributed by atoms with Crippen molar-refractivity contribution in [3.05, 3.63) is 29.6 Å². The molecule has 2 fully saturated rings. The number of rotatable bonds is 3. The average molecular weight is 260 g/mol. The lowest BCUT2D eigenvalue weighted by Gasteiger charge is -2.37. The van der Waals surface area contributed by atoms with Crippen molar-refractivity contribution in [3.8, 4) is 0 Å². The second-order valence-electron chi connectivity index (χ2n) is 5.45. The Kier molecular flexibility index (Phi) is 3.11. The second-order valence-corrected chi connectivity index (χ2v) is 5.45. The third kappa shape index (κ3) is 2.06. The van der Waals surface area contributed by atoms with Crippen LogP contribution in [0.2, 0.25) is 0 Å². The third-order valence-corrected chi connectivity index (χ3v) is 4.37. The van der Waals surface area contributed by atoms with Crippen LogP contribution in [0.1, 0.15) is 37.7 Å². The molecule has 19 heavy (non-hydrogen) atoms. The third-order valence-electron chi connectivity index (χ3n) is 4.37. The average Bonchev–Trinajstić information content (AvgIpc) is 2.87. The molecule has 1 heterocycles. The molecule has 1 aliphatic heterocycles. The number of benzene rings is 1. The summed E-state index contributed by atoms with van der Waals surface area (Å²) in [7, 11) is 0. The topological polar surface area (TPSA) is 32.7 Å².